The summed E-state index contributed by atoms with van der Waals surface area (Å²) in [7, 11) is 0. The Labute approximate surface area is 120 Å². The highest BCUT2D eigenvalue weighted by molar-refractivity contribution is 9.10. The first-order chi connectivity index (χ1) is 9.16. The number of carbonyl (C=O) groups excluding carboxylic acids is 1. The predicted molar refractivity (Wildman–Crippen MR) is 74.6 cm³/mol. The maximum Gasteiger partial charge on any atom is 0.251 e. The highest BCUT2D eigenvalue weighted by atomic mass is 79.9. The Hall–Kier alpha value is -0.940. The van der Waals surface area contributed by atoms with Gasteiger partial charge in [-0.3, -0.25) is 4.79 Å². The summed E-state index contributed by atoms with van der Waals surface area (Å²) >= 11 is 3.06. The Kier molecular flexibility index (Phi) is 5.34. The van der Waals surface area contributed by atoms with Crippen molar-refractivity contribution in [1.82, 2.24) is 5.32 Å². The monoisotopic (exact) mass is 329 g/mol. The van der Waals surface area contributed by atoms with Crippen LogP contribution in [0.1, 0.15) is 29.6 Å². The van der Waals surface area contributed by atoms with Crippen molar-refractivity contribution in [2.45, 2.75) is 19.3 Å². The molecule has 1 aliphatic rings. The number of nitrogens with one attached hydrogen (secondary N) is 1. The molecule has 5 heteroatoms. The van der Waals surface area contributed by atoms with E-state index in [2.05, 4.69) is 21.2 Å². The van der Waals surface area contributed by atoms with Crippen LogP contribution in [0.3, 0.4) is 0 Å². The second kappa shape index (κ2) is 7.01. The molecule has 1 amide bonds. The van der Waals surface area contributed by atoms with E-state index in [1.165, 1.54) is 31.0 Å². The zero-order valence-electron chi connectivity index (χ0n) is 10.6. The SMILES string of the molecule is O=C(NCCCOCC1CC1)c1ccc(F)c(Br)c1. The van der Waals surface area contributed by atoms with Gasteiger partial charge in [-0.1, -0.05) is 0 Å². The lowest BCUT2D eigenvalue weighted by Gasteiger charge is -2.06. The summed E-state index contributed by atoms with van der Waals surface area (Å²) < 4.78 is 18.8. The second-order valence-electron chi connectivity index (χ2n) is 4.76. The third-order valence-electron chi connectivity index (χ3n) is 2.98. The quantitative estimate of drug-likeness (QED) is 0.780. The average molecular weight is 330 g/mol. The molecule has 1 N–H and O–H groups in total. The molecule has 3 nitrogen and oxygen atoms in total. The zero-order chi connectivity index (χ0) is 13.7. The Morgan fingerprint density at radius 1 is 1.47 bits per heavy atom. The summed E-state index contributed by atoms with van der Waals surface area (Å²) in [5.41, 5.74) is 0.451. The van der Waals surface area contributed by atoms with Crippen molar-refractivity contribution in [2.24, 2.45) is 5.92 Å². The summed E-state index contributed by atoms with van der Waals surface area (Å²) in [5, 5.41) is 2.79. The van der Waals surface area contributed by atoms with Crippen molar-refractivity contribution in [3.05, 3.63) is 34.1 Å². The number of benzene rings is 1. The molecule has 1 aromatic rings. The molecule has 1 aliphatic carbocycles. The Morgan fingerprint density at radius 3 is 2.95 bits per heavy atom. The molecule has 0 aliphatic heterocycles. The first-order valence-electron chi connectivity index (χ1n) is 6.48. The van der Waals surface area contributed by atoms with Crippen LogP contribution in [0, 0.1) is 11.7 Å². The minimum atomic E-state index is -0.370. The maximum absolute atomic E-state index is 13.0. The van der Waals surface area contributed by atoms with Gasteiger partial charge in [-0.2, -0.15) is 0 Å². The fraction of sp³-hybridized carbons (Fsp3) is 0.500. The summed E-state index contributed by atoms with van der Waals surface area (Å²) in [5.74, 6) is 0.207. The number of hydrogen-bond acceptors (Lipinski definition) is 2. The lowest BCUT2D eigenvalue weighted by Crippen LogP contribution is -2.25. The van der Waals surface area contributed by atoms with Gasteiger partial charge in [-0.25, -0.2) is 4.39 Å². The zero-order valence-corrected chi connectivity index (χ0v) is 12.2. The molecule has 104 valence electrons. The predicted octanol–water partition coefficient (Wildman–Crippen LogP) is 3.13. The Bertz CT molecular complexity index is 449. The normalized spacial score (nSPS) is 14.4. The van der Waals surface area contributed by atoms with E-state index in [-0.39, 0.29) is 11.7 Å². The Morgan fingerprint density at radius 2 is 2.26 bits per heavy atom. The van der Waals surface area contributed by atoms with Crippen LogP contribution < -0.4 is 5.32 Å². The fourth-order valence-corrected chi connectivity index (χ4v) is 2.03. The number of amides is 1. The minimum Gasteiger partial charge on any atom is -0.381 e. The molecule has 2 rings (SSSR count). The molecule has 0 heterocycles. The van der Waals surface area contributed by atoms with Crippen molar-refractivity contribution < 1.29 is 13.9 Å². The van der Waals surface area contributed by atoms with Gasteiger partial charge >= 0.3 is 0 Å². The molecule has 0 spiro atoms. The van der Waals surface area contributed by atoms with Crippen LogP contribution in [0.15, 0.2) is 22.7 Å². The van der Waals surface area contributed by atoms with Crippen LogP contribution in [-0.4, -0.2) is 25.7 Å². The van der Waals surface area contributed by atoms with Gasteiger partial charge in [0, 0.05) is 25.3 Å². The molecule has 0 unspecified atom stereocenters. The maximum atomic E-state index is 13.0. The van der Waals surface area contributed by atoms with E-state index in [0.717, 1.165) is 18.9 Å². The largest absolute Gasteiger partial charge is 0.381 e. The highest BCUT2D eigenvalue weighted by Crippen LogP contribution is 2.28. The number of rotatable bonds is 7. The first-order valence-corrected chi connectivity index (χ1v) is 7.27. The summed E-state index contributed by atoms with van der Waals surface area (Å²) in [4.78, 5) is 11.8. The third kappa shape index (κ3) is 4.91. The molecular weight excluding hydrogens is 313 g/mol. The van der Waals surface area contributed by atoms with E-state index < -0.39 is 0 Å². The number of hydrogen-bond donors (Lipinski definition) is 1. The smallest absolute Gasteiger partial charge is 0.251 e. The van der Waals surface area contributed by atoms with E-state index in [1.807, 2.05) is 0 Å². The number of ether oxygens (including phenoxy) is 1. The lowest BCUT2D eigenvalue weighted by molar-refractivity contribution is 0.0937. The Balaban J connectivity index is 1.63. The van der Waals surface area contributed by atoms with Crippen molar-refractivity contribution in [1.29, 1.82) is 0 Å². The molecule has 0 aromatic heterocycles. The molecule has 19 heavy (non-hydrogen) atoms. The lowest BCUT2D eigenvalue weighted by atomic mass is 10.2. The summed E-state index contributed by atoms with van der Waals surface area (Å²) in [6.45, 7) is 2.08. The topological polar surface area (TPSA) is 38.3 Å². The standard InChI is InChI=1S/C14H17BrFNO2/c15-12-8-11(4-5-13(12)16)14(18)17-6-1-7-19-9-10-2-3-10/h4-5,8,10H,1-3,6-7,9H2,(H,17,18). The molecule has 1 saturated carbocycles. The van der Waals surface area contributed by atoms with Crippen LogP contribution in [-0.2, 0) is 4.74 Å². The molecule has 1 aromatic carbocycles. The van der Waals surface area contributed by atoms with E-state index in [4.69, 9.17) is 4.74 Å². The number of halogens is 2. The molecule has 0 atom stereocenters. The first kappa shape index (κ1) is 14.5. The fourth-order valence-electron chi connectivity index (χ4n) is 1.65. The van der Waals surface area contributed by atoms with E-state index in [1.54, 1.807) is 0 Å². The molecule has 1 fully saturated rings. The van der Waals surface area contributed by atoms with Gasteiger partial charge in [0.2, 0.25) is 0 Å². The van der Waals surface area contributed by atoms with Crippen LogP contribution in [0.4, 0.5) is 4.39 Å². The number of carbonyl (C=O) groups is 1. The summed E-state index contributed by atoms with van der Waals surface area (Å²) in [6.07, 6.45) is 3.37. The molecule has 0 radical (unpaired) electrons. The third-order valence-corrected chi connectivity index (χ3v) is 3.59. The van der Waals surface area contributed by atoms with Gasteiger partial charge in [-0.05, 0) is 59.3 Å². The van der Waals surface area contributed by atoms with E-state index >= 15 is 0 Å². The van der Waals surface area contributed by atoms with Crippen molar-refractivity contribution in [3.8, 4) is 0 Å². The summed E-state index contributed by atoms with van der Waals surface area (Å²) in [6, 6.07) is 4.23. The van der Waals surface area contributed by atoms with Crippen molar-refractivity contribution in [2.75, 3.05) is 19.8 Å². The molecule has 0 bridgehead atoms. The highest BCUT2D eigenvalue weighted by Gasteiger charge is 2.20. The second-order valence-corrected chi connectivity index (χ2v) is 5.61. The van der Waals surface area contributed by atoms with Crippen molar-refractivity contribution >= 4 is 21.8 Å². The van der Waals surface area contributed by atoms with Gasteiger partial charge in [0.25, 0.3) is 5.91 Å². The van der Waals surface area contributed by atoms with Gasteiger partial charge < -0.3 is 10.1 Å². The average Bonchev–Trinajstić information content (AvgIpc) is 3.20. The molecule has 0 saturated heterocycles. The van der Waals surface area contributed by atoms with Gasteiger partial charge in [0.05, 0.1) is 4.47 Å². The van der Waals surface area contributed by atoms with Crippen molar-refractivity contribution in [3.63, 3.8) is 0 Å². The van der Waals surface area contributed by atoms with Crippen LogP contribution in [0.2, 0.25) is 0 Å². The van der Waals surface area contributed by atoms with Crippen LogP contribution >= 0.6 is 15.9 Å². The van der Waals surface area contributed by atoms with E-state index in [0.29, 0.717) is 23.2 Å². The minimum absolute atomic E-state index is 0.192. The van der Waals surface area contributed by atoms with E-state index in [9.17, 15) is 9.18 Å². The van der Waals surface area contributed by atoms with Crippen LogP contribution in [0.25, 0.3) is 0 Å². The van der Waals surface area contributed by atoms with Gasteiger partial charge in [0.1, 0.15) is 5.82 Å². The van der Waals surface area contributed by atoms with Gasteiger partial charge in [-0.15, -0.1) is 0 Å². The molecular formula is C14H17BrFNO2. The van der Waals surface area contributed by atoms with Crippen LogP contribution in [0.5, 0.6) is 0 Å². The van der Waals surface area contributed by atoms with Gasteiger partial charge in [0.15, 0.2) is 0 Å².